The number of para-hydroxylation sites is 1. The van der Waals surface area contributed by atoms with Crippen LogP contribution in [0.4, 0.5) is 11.4 Å². The fraction of sp³-hybridized carbons (Fsp3) is 0.130. The molecular formula is C46H40N2. The van der Waals surface area contributed by atoms with Crippen molar-refractivity contribution in [3.63, 3.8) is 0 Å². The average molecular weight is 621 g/mol. The number of fused-ring (bicyclic) bond motifs is 4. The van der Waals surface area contributed by atoms with E-state index < -0.39 is 0 Å². The first-order chi connectivity index (χ1) is 23.7. The summed E-state index contributed by atoms with van der Waals surface area (Å²) in [7, 11) is 0. The molecule has 0 fully saturated rings. The first-order valence-corrected chi connectivity index (χ1v) is 17.4. The van der Waals surface area contributed by atoms with E-state index in [4.69, 9.17) is 0 Å². The van der Waals surface area contributed by atoms with Gasteiger partial charge in [0.25, 0.3) is 0 Å². The van der Waals surface area contributed by atoms with Crippen LogP contribution in [-0.4, -0.2) is 4.57 Å². The zero-order valence-corrected chi connectivity index (χ0v) is 28.3. The largest absolute Gasteiger partial charge is 0.327 e. The molecule has 1 aliphatic carbocycles. The number of benzene rings is 6. The molecule has 2 nitrogen and oxygen atoms in total. The number of aromatic nitrogens is 1. The van der Waals surface area contributed by atoms with Crippen LogP contribution in [0.15, 0.2) is 157 Å². The topological polar surface area (TPSA) is 8.17 Å². The van der Waals surface area contributed by atoms with E-state index in [0.29, 0.717) is 0 Å². The van der Waals surface area contributed by atoms with Crippen molar-refractivity contribution in [3.05, 3.63) is 168 Å². The predicted octanol–water partition coefficient (Wildman–Crippen LogP) is 12.9. The van der Waals surface area contributed by atoms with Crippen LogP contribution < -0.4 is 4.90 Å². The fourth-order valence-electron chi connectivity index (χ4n) is 7.77. The van der Waals surface area contributed by atoms with Gasteiger partial charge in [0.05, 0.1) is 16.6 Å². The van der Waals surface area contributed by atoms with E-state index >= 15 is 0 Å². The van der Waals surface area contributed by atoms with Crippen LogP contribution in [0.5, 0.6) is 0 Å². The molecule has 4 aliphatic rings. The molecule has 1 aromatic heterocycles. The summed E-state index contributed by atoms with van der Waals surface area (Å²) in [4.78, 5) is 2.51. The highest BCUT2D eigenvalue weighted by Crippen LogP contribution is 2.60. The van der Waals surface area contributed by atoms with Crippen molar-refractivity contribution in [1.29, 1.82) is 0 Å². The number of hydrogen-bond donors (Lipinski definition) is 0. The zero-order chi connectivity index (χ0) is 33.0. The number of anilines is 2. The molecule has 1 unspecified atom stereocenters. The standard InChI is InChI=1S/C42H28N2.2C2H6/c1-42-33-21-32(22-33)29-12-8-14-35(24-29)44(42)41-20-18-31(26-38(41)42)30-17-19-40-37(25-30)36-15-5-6-16-39(36)43(40)34-13-7-11-28(23-34)27-9-3-2-4-10-27;2*1-2/h2-26H,1H3;2*1-2H3. The van der Waals surface area contributed by atoms with Gasteiger partial charge in [-0.15, -0.1) is 0 Å². The normalized spacial score (nSPS) is 16.3. The first-order valence-electron chi connectivity index (χ1n) is 17.4. The predicted molar refractivity (Wildman–Crippen MR) is 206 cm³/mol. The Kier molecular flexibility index (Phi) is 7.18. The molecule has 0 saturated heterocycles. The highest BCUT2D eigenvalue weighted by Gasteiger charge is 2.51. The second kappa shape index (κ2) is 11.6. The van der Waals surface area contributed by atoms with E-state index in [-0.39, 0.29) is 5.54 Å². The van der Waals surface area contributed by atoms with E-state index in [0.717, 1.165) is 0 Å². The Morgan fingerprint density at radius 1 is 0.458 bits per heavy atom. The van der Waals surface area contributed by atoms with Crippen LogP contribution in [0.3, 0.4) is 0 Å². The lowest BCUT2D eigenvalue weighted by atomic mass is 9.68. The van der Waals surface area contributed by atoms with Crippen molar-refractivity contribution in [3.8, 4) is 27.9 Å². The molecule has 0 N–H and O–H groups in total. The molecule has 11 rings (SSSR count). The third kappa shape index (κ3) is 4.26. The Balaban J connectivity index is 0.000000812. The monoisotopic (exact) mass is 620 g/mol. The number of nitrogens with zero attached hydrogens (tertiary/aromatic N) is 2. The summed E-state index contributed by atoms with van der Waals surface area (Å²) >= 11 is 0. The SMILES string of the molecule is CC.CC.CC12C3=CC(=C3)c3cccc(c3)N1c1ccc(-c3ccc4c(c3)c3ccccc3n4-c3cccc(-c4ccccc4)c3)cc12. The Morgan fingerprint density at radius 2 is 1.06 bits per heavy atom. The highest BCUT2D eigenvalue weighted by molar-refractivity contribution is 6.10. The van der Waals surface area contributed by atoms with E-state index in [9.17, 15) is 0 Å². The van der Waals surface area contributed by atoms with Crippen molar-refractivity contribution in [2.45, 2.75) is 40.2 Å². The lowest BCUT2D eigenvalue weighted by Crippen LogP contribution is -2.52. The smallest absolute Gasteiger partial charge is 0.0947 e. The maximum atomic E-state index is 2.51. The molecule has 4 heterocycles. The average Bonchev–Trinajstić information content (AvgIpc) is 3.46. The molecular weight excluding hydrogens is 581 g/mol. The summed E-state index contributed by atoms with van der Waals surface area (Å²) in [5.74, 6) is 0. The van der Waals surface area contributed by atoms with Crippen molar-refractivity contribution >= 4 is 38.8 Å². The highest BCUT2D eigenvalue weighted by atomic mass is 15.3. The van der Waals surface area contributed by atoms with Crippen molar-refractivity contribution in [1.82, 2.24) is 4.57 Å². The summed E-state index contributed by atoms with van der Waals surface area (Å²) in [5, 5.41) is 2.55. The lowest BCUT2D eigenvalue weighted by Gasteiger charge is -2.56. The summed E-state index contributed by atoms with van der Waals surface area (Å²) in [6, 6.07) is 51.3. The van der Waals surface area contributed by atoms with Gasteiger partial charge in [0.1, 0.15) is 0 Å². The molecule has 0 spiro atoms. The third-order valence-corrected chi connectivity index (χ3v) is 10.0. The van der Waals surface area contributed by atoms with E-state index in [1.807, 2.05) is 27.7 Å². The van der Waals surface area contributed by atoms with E-state index in [1.54, 1.807) is 0 Å². The van der Waals surface area contributed by atoms with Crippen LogP contribution in [0.1, 0.15) is 45.7 Å². The molecule has 48 heavy (non-hydrogen) atoms. The Labute approximate surface area is 283 Å². The van der Waals surface area contributed by atoms with Crippen LogP contribution in [-0.2, 0) is 5.54 Å². The Bertz CT molecular complexity index is 2410. The van der Waals surface area contributed by atoms with Gasteiger partial charge in [0, 0.05) is 33.4 Å². The zero-order valence-electron chi connectivity index (χ0n) is 28.3. The molecule has 2 heteroatoms. The summed E-state index contributed by atoms with van der Waals surface area (Å²) < 4.78 is 2.41. The van der Waals surface area contributed by atoms with Gasteiger partial charge in [0.15, 0.2) is 0 Å². The number of rotatable bonds is 3. The van der Waals surface area contributed by atoms with Crippen LogP contribution in [0.2, 0.25) is 0 Å². The second-order valence-corrected chi connectivity index (χ2v) is 12.4. The third-order valence-electron chi connectivity index (χ3n) is 10.0. The van der Waals surface area contributed by atoms with Gasteiger partial charge in [-0.05, 0) is 113 Å². The van der Waals surface area contributed by atoms with Crippen molar-refractivity contribution in [2.75, 3.05) is 4.90 Å². The molecule has 4 bridgehead atoms. The Morgan fingerprint density at radius 3 is 1.88 bits per heavy atom. The molecule has 0 amide bonds. The Hall–Kier alpha value is -5.60. The maximum absolute atomic E-state index is 2.51. The molecule has 0 saturated carbocycles. The van der Waals surface area contributed by atoms with E-state index in [2.05, 4.69) is 168 Å². The number of allylic oxidation sites excluding steroid dienone is 2. The van der Waals surface area contributed by atoms with Gasteiger partial charge in [-0.1, -0.05) is 113 Å². The van der Waals surface area contributed by atoms with Crippen molar-refractivity contribution < 1.29 is 0 Å². The van der Waals surface area contributed by atoms with Gasteiger partial charge < -0.3 is 9.47 Å². The minimum atomic E-state index is -0.155. The molecule has 6 aromatic carbocycles. The maximum Gasteiger partial charge on any atom is 0.0947 e. The van der Waals surface area contributed by atoms with Gasteiger partial charge in [-0.2, -0.15) is 0 Å². The summed E-state index contributed by atoms with van der Waals surface area (Å²) in [6.07, 6.45) is 4.74. The van der Waals surface area contributed by atoms with Crippen LogP contribution >= 0.6 is 0 Å². The van der Waals surface area contributed by atoms with Gasteiger partial charge in [-0.25, -0.2) is 0 Å². The fourth-order valence-corrected chi connectivity index (χ4v) is 7.77. The van der Waals surface area contributed by atoms with Crippen molar-refractivity contribution in [2.24, 2.45) is 0 Å². The first kappa shape index (κ1) is 29.8. The molecule has 0 radical (unpaired) electrons. The minimum Gasteiger partial charge on any atom is -0.327 e. The van der Waals surface area contributed by atoms with Crippen LogP contribution in [0.25, 0.3) is 55.3 Å². The minimum absolute atomic E-state index is 0.155. The molecule has 1 atom stereocenters. The van der Waals surface area contributed by atoms with Gasteiger partial charge in [0.2, 0.25) is 0 Å². The summed E-state index contributed by atoms with van der Waals surface area (Å²) in [5.41, 5.74) is 16.4. The van der Waals surface area contributed by atoms with E-state index in [1.165, 1.54) is 83.4 Å². The molecule has 7 aromatic rings. The quantitative estimate of drug-likeness (QED) is 0.191. The number of hydrogen-bond acceptors (Lipinski definition) is 1. The lowest BCUT2D eigenvalue weighted by molar-refractivity contribution is 0.522. The second-order valence-electron chi connectivity index (χ2n) is 12.4. The molecule has 3 aliphatic heterocycles. The summed E-state index contributed by atoms with van der Waals surface area (Å²) in [6.45, 7) is 10.4. The van der Waals surface area contributed by atoms with Gasteiger partial charge in [-0.3, -0.25) is 0 Å². The molecule has 234 valence electrons. The van der Waals surface area contributed by atoms with Gasteiger partial charge >= 0.3 is 0 Å². The van der Waals surface area contributed by atoms with Crippen LogP contribution in [0, 0.1) is 0 Å².